The zero-order valence-corrected chi connectivity index (χ0v) is 15.2. The van der Waals surface area contributed by atoms with Crippen LogP contribution in [0.15, 0.2) is 35.3 Å². The summed E-state index contributed by atoms with van der Waals surface area (Å²) in [5.41, 5.74) is 1.89. The predicted molar refractivity (Wildman–Crippen MR) is 97.1 cm³/mol. The largest absolute Gasteiger partial charge is 0.497 e. The number of amides is 1. The number of nitrogens with zero attached hydrogens (tertiary/aromatic N) is 4. The van der Waals surface area contributed by atoms with E-state index in [9.17, 15) is 9.59 Å². The fraction of sp³-hybridized carbons (Fsp3) is 0.333. The molecule has 1 amide bonds. The molecule has 8 heteroatoms. The molecule has 0 aliphatic carbocycles. The van der Waals surface area contributed by atoms with Crippen molar-refractivity contribution in [3.05, 3.63) is 52.1 Å². The Kier molecular flexibility index (Phi) is 4.75. The van der Waals surface area contributed by atoms with Crippen molar-refractivity contribution in [2.45, 2.75) is 26.4 Å². The number of carbonyl (C=O) groups excluding carboxylic acids is 1. The summed E-state index contributed by atoms with van der Waals surface area (Å²) in [5, 5.41) is 11.7. The first-order chi connectivity index (χ1) is 12.4. The van der Waals surface area contributed by atoms with E-state index in [4.69, 9.17) is 4.74 Å². The van der Waals surface area contributed by atoms with Crippen LogP contribution in [0.1, 0.15) is 24.2 Å². The van der Waals surface area contributed by atoms with Gasteiger partial charge in [-0.3, -0.25) is 14.3 Å². The van der Waals surface area contributed by atoms with Crippen LogP contribution in [0.3, 0.4) is 0 Å². The van der Waals surface area contributed by atoms with Gasteiger partial charge in [-0.25, -0.2) is 4.68 Å². The number of methoxy groups -OCH3 is 1. The maximum atomic E-state index is 12.6. The first-order valence-electron chi connectivity index (χ1n) is 8.23. The van der Waals surface area contributed by atoms with Crippen molar-refractivity contribution in [3.8, 4) is 5.75 Å². The normalized spacial score (nSPS) is 12.2. The lowest BCUT2D eigenvalue weighted by Crippen LogP contribution is -2.35. The van der Waals surface area contributed by atoms with Crippen LogP contribution < -0.4 is 15.6 Å². The zero-order chi connectivity index (χ0) is 18.8. The Balaban J connectivity index is 1.75. The quantitative estimate of drug-likeness (QED) is 0.745. The van der Waals surface area contributed by atoms with Gasteiger partial charge in [-0.05, 0) is 31.5 Å². The number of benzene rings is 1. The fourth-order valence-electron chi connectivity index (χ4n) is 2.91. The first-order valence-corrected chi connectivity index (χ1v) is 8.23. The molecular formula is C18H21N5O3. The average molecular weight is 355 g/mol. The van der Waals surface area contributed by atoms with E-state index in [0.29, 0.717) is 16.6 Å². The highest BCUT2D eigenvalue weighted by Crippen LogP contribution is 2.17. The zero-order valence-electron chi connectivity index (χ0n) is 15.2. The van der Waals surface area contributed by atoms with Crippen molar-refractivity contribution >= 4 is 16.8 Å². The van der Waals surface area contributed by atoms with Gasteiger partial charge in [-0.15, -0.1) is 0 Å². The fourth-order valence-corrected chi connectivity index (χ4v) is 2.91. The van der Waals surface area contributed by atoms with E-state index in [1.807, 2.05) is 31.2 Å². The average Bonchev–Trinajstić information content (AvgIpc) is 2.91. The molecule has 0 saturated carbocycles. The summed E-state index contributed by atoms with van der Waals surface area (Å²) in [4.78, 5) is 24.9. The van der Waals surface area contributed by atoms with E-state index < -0.39 is 0 Å². The van der Waals surface area contributed by atoms with Crippen molar-refractivity contribution < 1.29 is 9.53 Å². The molecular weight excluding hydrogens is 334 g/mol. The third kappa shape index (κ3) is 3.30. The summed E-state index contributed by atoms with van der Waals surface area (Å²) < 4.78 is 7.89. The van der Waals surface area contributed by atoms with Crippen molar-refractivity contribution in [1.29, 1.82) is 0 Å². The Hall–Kier alpha value is -3.16. The molecule has 26 heavy (non-hydrogen) atoms. The number of hydrogen-bond donors (Lipinski definition) is 1. The van der Waals surface area contributed by atoms with Gasteiger partial charge in [0.05, 0.1) is 35.9 Å². The molecule has 0 bridgehead atoms. The molecule has 1 atom stereocenters. The van der Waals surface area contributed by atoms with Crippen molar-refractivity contribution in [2.75, 3.05) is 7.11 Å². The van der Waals surface area contributed by atoms with Crippen LogP contribution in [0.5, 0.6) is 5.75 Å². The Morgan fingerprint density at radius 1 is 1.31 bits per heavy atom. The molecule has 0 aliphatic heterocycles. The van der Waals surface area contributed by atoms with Gasteiger partial charge in [-0.1, -0.05) is 12.1 Å². The van der Waals surface area contributed by atoms with E-state index in [-0.39, 0.29) is 24.1 Å². The molecule has 0 saturated heterocycles. The lowest BCUT2D eigenvalue weighted by atomic mass is 10.1. The van der Waals surface area contributed by atoms with E-state index in [2.05, 4.69) is 15.5 Å². The van der Waals surface area contributed by atoms with E-state index in [1.54, 1.807) is 32.0 Å². The molecule has 3 rings (SSSR count). The Morgan fingerprint density at radius 3 is 2.65 bits per heavy atom. The van der Waals surface area contributed by atoms with Crippen LogP contribution >= 0.6 is 0 Å². The number of aromatic nitrogens is 4. The van der Waals surface area contributed by atoms with E-state index in [1.165, 1.54) is 0 Å². The van der Waals surface area contributed by atoms with Crippen LogP contribution in [0.25, 0.3) is 10.9 Å². The number of nitrogens with one attached hydrogen (secondary N) is 1. The standard InChI is InChI=1S/C18H21N5O3/c1-11(13-5-7-14(26-4)8-6-13)20-16(24)10-23-18(25)17-12(2)21-22(3)15(17)9-19-23/h5-9,11H,10H2,1-4H3,(H,20,24). The second-order valence-electron chi connectivity index (χ2n) is 6.14. The van der Waals surface area contributed by atoms with Crippen LogP contribution in [-0.2, 0) is 18.4 Å². The minimum absolute atomic E-state index is 0.149. The molecule has 1 N–H and O–H groups in total. The number of aryl methyl sites for hydroxylation is 2. The summed E-state index contributed by atoms with van der Waals surface area (Å²) in [5.74, 6) is 0.465. The summed E-state index contributed by atoms with van der Waals surface area (Å²) >= 11 is 0. The maximum absolute atomic E-state index is 12.6. The number of hydrogen-bond acceptors (Lipinski definition) is 5. The van der Waals surface area contributed by atoms with Gasteiger partial charge in [0.1, 0.15) is 12.3 Å². The summed E-state index contributed by atoms with van der Waals surface area (Å²) in [6, 6.07) is 7.25. The van der Waals surface area contributed by atoms with Crippen LogP contribution in [0.2, 0.25) is 0 Å². The first kappa shape index (κ1) is 17.7. The summed E-state index contributed by atoms with van der Waals surface area (Å²) in [7, 11) is 3.36. The number of ether oxygens (including phenoxy) is 1. The van der Waals surface area contributed by atoms with Crippen molar-refractivity contribution in [1.82, 2.24) is 24.9 Å². The minimum Gasteiger partial charge on any atom is -0.497 e. The number of fused-ring (bicyclic) bond motifs is 1. The van der Waals surface area contributed by atoms with E-state index >= 15 is 0 Å². The molecule has 1 aromatic carbocycles. The van der Waals surface area contributed by atoms with Crippen molar-refractivity contribution in [2.24, 2.45) is 7.05 Å². The van der Waals surface area contributed by atoms with Gasteiger partial charge in [0.15, 0.2) is 0 Å². The third-order valence-electron chi connectivity index (χ3n) is 4.32. The van der Waals surface area contributed by atoms with E-state index in [0.717, 1.165) is 16.0 Å². The molecule has 0 spiro atoms. The topological polar surface area (TPSA) is 91.0 Å². The van der Waals surface area contributed by atoms with Crippen LogP contribution in [0, 0.1) is 6.92 Å². The highest BCUT2D eigenvalue weighted by molar-refractivity contribution is 5.80. The molecule has 0 fully saturated rings. The Labute approximate surface area is 150 Å². The minimum atomic E-state index is -0.319. The van der Waals surface area contributed by atoms with Gasteiger partial charge in [0.25, 0.3) is 5.56 Å². The molecule has 3 aromatic rings. The lowest BCUT2D eigenvalue weighted by Gasteiger charge is -2.15. The molecule has 2 aromatic heterocycles. The van der Waals surface area contributed by atoms with Gasteiger partial charge in [-0.2, -0.15) is 10.2 Å². The SMILES string of the molecule is COc1ccc(C(C)NC(=O)Cn2ncc3c(c(C)nn3C)c2=O)cc1. The maximum Gasteiger partial charge on any atom is 0.278 e. The van der Waals surface area contributed by atoms with Gasteiger partial charge < -0.3 is 10.1 Å². The third-order valence-corrected chi connectivity index (χ3v) is 4.32. The number of rotatable bonds is 5. The lowest BCUT2D eigenvalue weighted by molar-refractivity contribution is -0.122. The van der Waals surface area contributed by atoms with Gasteiger partial charge >= 0.3 is 0 Å². The predicted octanol–water partition coefficient (Wildman–Crippen LogP) is 1.32. The molecule has 136 valence electrons. The van der Waals surface area contributed by atoms with Crippen LogP contribution in [0.4, 0.5) is 0 Å². The van der Waals surface area contributed by atoms with Gasteiger partial charge in [0.2, 0.25) is 5.91 Å². The van der Waals surface area contributed by atoms with Crippen LogP contribution in [-0.4, -0.2) is 32.6 Å². The summed E-state index contributed by atoms with van der Waals surface area (Å²) in [6.45, 7) is 3.49. The van der Waals surface area contributed by atoms with Gasteiger partial charge in [0, 0.05) is 7.05 Å². The summed E-state index contributed by atoms with van der Waals surface area (Å²) in [6.07, 6.45) is 1.55. The monoisotopic (exact) mass is 355 g/mol. The highest BCUT2D eigenvalue weighted by Gasteiger charge is 2.15. The Morgan fingerprint density at radius 2 is 2.00 bits per heavy atom. The molecule has 2 heterocycles. The molecule has 1 unspecified atom stereocenters. The second-order valence-corrected chi connectivity index (χ2v) is 6.14. The molecule has 8 nitrogen and oxygen atoms in total. The highest BCUT2D eigenvalue weighted by atomic mass is 16.5. The molecule has 0 aliphatic rings. The Bertz CT molecular complexity index is 1000. The molecule has 0 radical (unpaired) electrons. The number of carbonyl (C=O) groups is 1. The second kappa shape index (κ2) is 6.99. The van der Waals surface area contributed by atoms with Crippen molar-refractivity contribution in [3.63, 3.8) is 0 Å². The smallest absolute Gasteiger partial charge is 0.278 e.